The molecule has 0 amide bonds. The van der Waals surface area contributed by atoms with Crippen LogP contribution in [-0.4, -0.2) is 25.8 Å². The lowest BCUT2D eigenvalue weighted by Crippen LogP contribution is -2.40. The van der Waals surface area contributed by atoms with Gasteiger partial charge in [-0.15, -0.1) is 0 Å². The van der Waals surface area contributed by atoms with Gasteiger partial charge in [-0.3, -0.25) is 0 Å². The van der Waals surface area contributed by atoms with Crippen LogP contribution < -0.4 is 5.32 Å². The van der Waals surface area contributed by atoms with Gasteiger partial charge in [0.05, 0.1) is 6.61 Å². The van der Waals surface area contributed by atoms with Crippen molar-refractivity contribution in [3.05, 3.63) is 35.9 Å². The van der Waals surface area contributed by atoms with E-state index in [1.807, 2.05) is 0 Å². The Morgan fingerprint density at radius 3 is 2.31 bits per heavy atom. The summed E-state index contributed by atoms with van der Waals surface area (Å²) in [5.74, 6) is 0.514. The van der Waals surface area contributed by atoms with Crippen molar-refractivity contribution in [2.75, 3.05) is 13.7 Å². The second-order valence-corrected chi connectivity index (χ2v) is 4.51. The summed E-state index contributed by atoms with van der Waals surface area (Å²) in [6.07, 6.45) is 0. The van der Waals surface area contributed by atoms with Crippen LogP contribution in [0.15, 0.2) is 30.3 Å². The Labute approximate surface area is 99.0 Å². The molecule has 3 atom stereocenters. The van der Waals surface area contributed by atoms with E-state index in [1.54, 1.807) is 7.11 Å². The largest absolute Gasteiger partial charge is 0.383 e. The molecular formula is C14H23NO. The molecule has 0 saturated carbocycles. The maximum absolute atomic E-state index is 5.13. The highest BCUT2D eigenvalue weighted by molar-refractivity contribution is 5.20. The summed E-state index contributed by atoms with van der Waals surface area (Å²) in [7, 11) is 1.74. The van der Waals surface area contributed by atoms with Crippen LogP contribution in [0.4, 0.5) is 0 Å². The van der Waals surface area contributed by atoms with Gasteiger partial charge in [0.25, 0.3) is 0 Å². The standard InChI is InChI=1S/C14H23NO/c1-11(10-16-4)15-13(3)12(2)14-8-6-5-7-9-14/h5-9,11-13,15H,10H2,1-4H3. The first-order valence-corrected chi connectivity index (χ1v) is 5.95. The highest BCUT2D eigenvalue weighted by Crippen LogP contribution is 2.18. The van der Waals surface area contributed by atoms with Crippen molar-refractivity contribution in [1.82, 2.24) is 5.32 Å². The minimum atomic E-state index is 0.395. The Hall–Kier alpha value is -0.860. The van der Waals surface area contributed by atoms with Crippen molar-refractivity contribution in [2.24, 2.45) is 0 Å². The highest BCUT2D eigenvalue weighted by Gasteiger charge is 2.15. The molecule has 16 heavy (non-hydrogen) atoms. The Morgan fingerprint density at radius 1 is 1.12 bits per heavy atom. The zero-order chi connectivity index (χ0) is 12.0. The molecular weight excluding hydrogens is 198 g/mol. The zero-order valence-electron chi connectivity index (χ0n) is 10.7. The minimum absolute atomic E-state index is 0.395. The Balaban J connectivity index is 2.51. The van der Waals surface area contributed by atoms with Gasteiger partial charge in [-0.1, -0.05) is 37.3 Å². The summed E-state index contributed by atoms with van der Waals surface area (Å²) >= 11 is 0. The van der Waals surface area contributed by atoms with Crippen molar-refractivity contribution in [1.29, 1.82) is 0 Å². The fourth-order valence-electron chi connectivity index (χ4n) is 1.94. The first-order chi connectivity index (χ1) is 7.65. The molecule has 0 aliphatic carbocycles. The van der Waals surface area contributed by atoms with E-state index < -0.39 is 0 Å². The summed E-state index contributed by atoms with van der Waals surface area (Å²) in [6, 6.07) is 11.5. The third kappa shape index (κ3) is 3.95. The number of methoxy groups -OCH3 is 1. The summed E-state index contributed by atoms with van der Waals surface area (Å²) < 4.78 is 5.13. The summed E-state index contributed by atoms with van der Waals surface area (Å²) in [4.78, 5) is 0. The molecule has 0 spiro atoms. The predicted molar refractivity (Wildman–Crippen MR) is 68.8 cm³/mol. The second-order valence-electron chi connectivity index (χ2n) is 4.51. The summed E-state index contributed by atoms with van der Waals surface area (Å²) in [5, 5.41) is 3.55. The predicted octanol–water partition coefficient (Wildman–Crippen LogP) is 2.80. The number of hydrogen-bond acceptors (Lipinski definition) is 2. The lowest BCUT2D eigenvalue weighted by molar-refractivity contribution is 0.166. The third-order valence-corrected chi connectivity index (χ3v) is 3.04. The van der Waals surface area contributed by atoms with Crippen LogP contribution >= 0.6 is 0 Å². The Morgan fingerprint density at radius 2 is 1.75 bits per heavy atom. The first kappa shape index (κ1) is 13.2. The molecule has 1 N–H and O–H groups in total. The van der Waals surface area contributed by atoms with Crippen LogP contribution in [0, 0.1) is 0 Å². The van der Waals surface area contributed by atoms with Crippen molar-refractivity contribution >= 4 is 0 Å². The second kappa shape index (κ2) is 6.66. The maximum atomic E-state index is 5.13. The number of benzene rings is 1. The molecule has 3 unspecified atom stereocenters. The minimum Gasteiger partial charge on any atom is -0.383 e. The molecule has 90 valence electrons. The maximum Gasteiger partial charge on any atom is 0.0613 e. The molecule has 0 heterocycles. The van der Waals surface area contributed by atoms with Crippen LogP contribution in [-0.2, 0) is 4.74 Å². The molecule has 0 bridgehead atoms. The van der Waals surface area contributed by atoms with Gasteiger partial charge in [-0.2, -0.15) is 0 Å². The Bertz CT molecular complexity index is 286. The molecule has 2 heteroatoms. The van der Waals surface area contributed by atoms with E-state index in [1.165, 1.54) is 5.56 Å². The van der Waals surface area contributed by atoms with Crippen LogP contribution in [0.3, 0.4) is 0 Å². The average molecular weight is 221 g/mol. The van der Waals surface area contributed by atoms with Crippen molar-refractivity contribution in [2.45, 2.75) is 38.8 Å². The van der Waals surface area contributed by atoms with Crippen molar-refractivity contribution in [3.8, 4) is 0 Å². The van der Waals surface area contributed by atoms with Gasteiger partial charge >= 0.3 is 0 Å². The molecule has 1 rings (SSSR count). The topological polar surface area (TPSA) is 21.3 Å². The SMILES string of the molecule is COCC(C)NC(C)C(C)c1ccccc1. The number of hydrogen-bond donors (Lipinski definition) is 1. The number of rotatable bonds is 6. The van der Waals surface area contributed by atoms with Gasteiger partial charge in [-0.25, -0.2) is 0 Å². The molecule has 1 aromatic rings. The summed E-state index contributed by atoms with van der Waals surface area (Å²) in [5.41, 5.74) is 1.38. The fraction of sp³-hybridized carbons (Fsp3) is 0.571. The van der Waals surface area contributed by atoms with E-state index in [0.29, 0.717) is 18.0 Å². The van der Waals surface area contributed by atoms with Gasteiger partial charge in [0.2, 0.25) is 0 Å². The quantitative estimate of drug-likeness (QED) is 0.797. The lowest BCUT2D eigenvalue weighted by Gasteiger charge is -2.25. The molecule has 0 aliphatic heterocycles. The molecule has 0 saturated heterocycles. The van der Waals surface area contributed by atoms with Gasteiger partial charge in [0.15, 0.2) is 0 Å². The summed E-state index contributed by atoms with van der Waals surface area (Å²) in [6.45, 7) is 7.39. The van der Waals surface area contributed by atoms with E-state index in [9.17, 15) is 0 Å². The van der Waals surface area contributed by atoms with Crippen LogP contribution in [0.5, 0.6) is 0 Å². The Kier molecular flexibility index (Phi) is 5.50. The molecule has 2 nitrogen and oxygen atoms in total. The number of nitrogens with one attached hydrogen (secondary N) is 1. The van der Waals surface area contributed by atoms with E-state index in [2.05, 4.69) is 56.4 Å². The van der Waals surface area contributed by atoms with E-state index in [4.69, 9.17) is 4.74 Å². The van der Waals surface area contributed by atoms with Crippen LogP contribution in [0.2, 0.25) is 0 Å². The average Bonchev–Trinajstić information content (AvgIpc) is 2.29. The van der Waals surface area contributed by atoms with Crippen LogP contribution in [0.25, 0.3) is 0 Å². The lowest BCUT2D eigenvalue weighted by atomic mass is 9.94. The smallest absolute Gasteiger partial charge is 0.0613 e. The zero-order valence-corrected chi connectivity index (χ0v) is 10.7. The first-order valence-electron chi connectivity index (χ1n) is 5.95. The van der Waals surface area contributed by atoms with Gasteiger partial charge in [0, 0.05) is 19.2 Å². The van der Waals surface area contributed by atoms with Gasteiger partial charge < -0.3 is 10.1 Å². The monoisotopic (exact) mass is 221 g/mol. The van der Waals surface area contributed by atoms with Crippen molar-refractivity contribution in [3.63, 3.8) is 0 Å². The van der Waals surface area contributed by atoms with E-state index in [-0.39, 0.29) is 0 Å². The highest BCUT2D eigenvalue weighted by atomic mass is 16.5. The van der Waals surface area contributed by atoms with E-state index in [0.717, 1.165) is 6.61 Å². The normalized spacial score (nSPS) is 16.8. The molecule has 1 aromatic carbocycles. The fourth-order valence-corrected chi connectivity index (χ4v) is 1.94. The van der Waals surface area contributed by atoms with Gasteiger partial charge in [-0.05, 0) is 25.3 Å². The molecule has 0 aliphatic rings. The third-order valence-electron chi connectivity index (χ3n) is 3.04. The molecule has 0 aromatic heterocycles. The molecule has 0 radical (unpaired) electrons. The van der Waals surface area contributed by atoms with Gasteiger partial charge in [0.1, 0.15) is 0 Å². The van der Waals surface area contributed by atoms with E-state index >= 15 is 0 Å². The van der Waals surface area contributed by atoms with Crippen molar-refractivity contribution < 1.29 is 4.74 Å². The molecule has 0 fully saturated rings. The number of ether oxygens (including phenoxy) is 1. The van der Waals surface area contributed by atoms with Crippen LogP contribution in [0.1, 0.15) is 32.3 Å².